The highest BCUT2D eigenvalue weighted by Crippen LogP contribution is 2.13. The Hall–Kier alpha value is -1.78. The largest absolute Gasteiger partial charge is 0.465 e. The highest BCUT2D eigenvalue weighted by Gasteiger charge is 2.11. The van der Waals surface area contributed by atoms with Crippen LogP contribution in [0.5, 0.6) is 0 Å². The van der Waals surface area contributed by atoms with Gasteiger partial charge in [0.1, 0.15) is 12.4 Å². The van der Waals surface area contributed by atoms with Crippen molar-refractivity contribution in [3.63, 3.8) is 0 Å². The highest BCUT2D eigenvalue weighted by atomic mass is 16.5. The molecule has 16 heavy (non-hydrogen) atoms. The summed E-state index contributed by atoms with van der Waals surface area (Å²) in [6.45, 7) is 4.99. The van der Waals surface area contributed by atoms with Gasteiger partial charge in [0.05, 0.1) is 6.61 Å². The molecule has 2 N–H and O–H groups in total. The van der Waals surface area contributed by atoms with Gasteiger partial charge in [-0.1, -0.05) is 0 Å². The zero-order chi connectivity index (χ0) is 12.0. The summed E-state index contributed by atoms with van der Waals surface area (Å²) in [4.78, 5) is 17.3. The first-order valence-electron chi connectivity index (χ1n) is 5.29. The number of ether oxygens (including phenoxy) is 1. The Morgan fingerprint density at radius 3 is 2.88 bits per heavy atom. The molecule has 0 aliphatic carbocycles. The Labute approximate surface area is 95.2 Å². The summed E-state index contributed by atoms with van der Waals surface area (Å²) in [5.41, 5.74) is 6.29. The van der Waals surface area contributed by atoms with Crippen molar-refractivity contribution in [2.24, 2.45) is 0 Å². The molecule has 0 amide bonds. The summed E-state index contributed by atoms with van der Waals surface area (Å²) in [5.74, 6) is 0.434. The Morgan fingerprint density at radius 2 is 2.31 bits per heavy atom. The van der Waals surface area contributed by atoms with E-state index in [-0.39, 0.29) is 12.5 Å². The molecular weight excluding hydrogens is 206 g/mol. The molecule has 5 heteroatoms. The molecule has 5 nitrogen and oxygen atoms in total. The van der Waals surface area contributed by atoms with E-state index in [4.69, 9.17) is 10.5 Å². The SMILES string of the molecule is CCOC(=O)CN(CC)c1cc(N)ccn1. The van der Waals surface area contributed by atoms with Crippen molar-refractivity contribution in [2.75, 3.05) is 30.3 Å². The van der Waals surface area contributed by atoms with Crippen LogP contribution in [0.25, 0.3) is 0 Å². The van der Waals surface area contributed by atoms with Crippen LogP contribution in [0.3, 0.4) is 0 Å². The zero-order valence-electron chi connectivity index (χ0n) is 9.64. The Kier molecular flexibility index (Phi) is 4.57. The van der Waals surface area contributed by atoms with Crippen LogP contribution in [-0.2, 0) is 9.53 Å². The van der Waals surface area contributed by atoms with E-state index in [1.54, 1.807) is 25.3 Å². The number of nitrogen functional groups attached to an aromatic ring is 1. The summed E-state index contributed by atoms with van der Waals surface area (Å²) >= 11 is 0. The van der Waals surface area contributed by atoms with Crippen molar-refractivity contribution in [3.05, 3.63) is 18.3 Å². The fourth-order valence-electron chi connectivity index (χ4n) is 1.32. The second kappa shape index (κ2) is 5.95. The van der Waals surface area contributed by atoms with E-state index in [1.807, 2.05) is 11.8 Å². The van der Waals surface area contributed by atoms with Gasteiger partial charge in [0.25, 0.3) is 0 Å². The fraction of sp³-hybridized carbons (Fsp3) is 0.455. The molecule has 0 aromatic carbocycles. The average molecular weight is 223 g/mol. The summed E-state index contributed by atoms with van der Waals surface area (Å²) in [6, 6.07) is 3.45. The Balaban J connectivity index is 2.70. The minimum Gasteiger partial charge on any atom is -0.465 e. The number of rotatable bonds is 5. The average Bonchev–Trinajstić information content (AvgIpc) is 2.26. The summed E-state index contributed by atoms with van der Waals surface area (Å²) in [6.07, 6.45) is 1.62. The second-order valence-electron chi connectivity index (χ2n) is 3.27. The number of carbonyl (C=O) groups excluding carboxylic acids is 1. The highest BCUT2D eigenvalue weighted by molar-refractivity contribution is 5.75. The maximum Gasteiger partial charge on any atom is 0.325 e. The van der Waals surface area contributed by atoms with Crippen LogP contribution in [0.1, 0.15) is 13.8 Å². The molecule has 88 valence electrons. The van der Waals surface area contributed by atoms with E-state index in [0.717, 1.165) is 0 Å². The topological polar surface area (TPSA) is 68.5 Å². The predicted molar refractivity (Wildman–Crippen MR) is 63.2 cm³/mol. The van der Waals surface area contributed by atoms with Gasteiger partial charge < -0.3 is 15.4 Å². The molecule has 1 heterocycles. The number of nitrogens with zero attached hydrogens (tertiary/aromatic N) is 2. The van der Waals surface area contributed by atoms with Gasteiger partial charge in [0.2, 0.25) is 0 Å². The smallest absolute Gasteiger partial charge is 0.325 e. The van der Waals surface area contributed by atoms with Crippen LogP contribution in [0.2, 0.25) is 0 Å². The Morgan fingerprint density at radius 1 is 1.56 bits per heavy atom. The molecule has 0 saturated heterocycles. The number of carbonyl (C=O) groups is 1. The molecule has 0 unspecified atom stereocenters. The normalized spacial score (nSPS) is 9.88. The van der Waals surface area contributed by atoms with Crippen LogP contribution in [0, 0.1) is 0 Å². The van der Waals surface area contributed by atoms with Crippen LogP contribution >= 0.6 is 0 Å². The molecule has 0 bridgehead atoms. The van der Waals surface area contributed by atoms with E-state index >= 15 is 0 Å². The lowest BCUT2D eigenvalue weighted by Gasteiger charge is -2.20. The number of hydrogen-bond acceptors (Lipinski definition) is 5. The minimum absolute atomic E-state index is 0.195. The molecule has 0 aliphatic heterocycles. The fourth-order valence-corrected chi connectivity index (χ4v) is 1.32. The van der Waals surface area contributed by atoms with Gasteiger partial charge in [0, 0.05) is 24.5 Å². The summed E-state index contributed by atoms with van der Waals surface area (Å²) in [5, 5.41) is 0. The number of aromatic nitrogens is 1. The van der Waals surface area contributed by atoms with Crippen molar-refractivity contribution in [1.82, 2.24) is 4.98 Å². The predicted octanol–water partition coefficient (Wildman–Crippen LogP) is 1.05. The van der Waals surface area contributed by atoms with Crippen LogP contribution in [0.15, 0.2) is 18.3 Å². The number of likely N-dealkylation sites (N-methyl/N-ethyl adjacent to an activating group) is 1. The zero-order valence-corrected chi connectivity index (χ0v) is 9.64. The maximum atomic E-state index is 11.3. The lowest BCUT2D eigenvalue weighted by Crippen LogP contribution is -2.31. The van der Waals surface area contributed by atoms with Crippen molar-refractivity contribution >= 4 is 17.5 Å². The van der Waals surface area contributed by atoms with Crippen molar-refractivity contribution < 1.29 is 9.53 Å². The summed E-state index contributed by atoms with van der Waals surface area (Å²) < 4.78 is 4.89. The molecule has 0 saturated carbocycles. The minimum atomic E-state index is -0.256. The molecule has 0 fully saturated rings. The number of anilines is 2. The first kappa shape index (κ1) is 12.3. The lowest BCUT2D eigenvalue weighted by molar-refractivity contribution is -0.141. The second-order valence-corrected chi connectivity index (χ2v) is 3.27. The van der Waals surface area contributed by atoms with Gasteiger partial charge in [-0.2, -0.15) is 0 Å². The van der Waals surface area contributed by atoms with Gasteiger partial charge in [-0.15, -0.1) is 0 Å². The third kappa shape index (κ3) is 3.42. The molecule has 0 aliphatic rings. The van der Waals surface area contributed by atoms with E-state index in [1.165, 1.54) is 0 Å². The first-order valence-corrected chi connectivity index (χ1v) is 5.29. The van der Waals surface area contributed by atoms with E-state index in [9.17, 15) is 4.79 Å². The third-order valence-corrected chi connectivity index (χ3v) is 2.10. The molecule has 1 aromatic rings. The summed E-state index contributed by atoms with van der Waals surface area (Å²) in [7, 11) is 0. The molecule has 1 rings (SSSR count). The molecule has 1 aromatic heterocycles. The van der Waals surface area contributed by atoms with E-state index in [0.29, 0.717) is 24.7 Å². The van der Waals surface area contributed by atoms with Crippen LogP contribution in [-0.4, -0.2) is 30.6 Å². The Bertz CT molecular complexity index is 355. The van der Waals surface area contributed by atoms with Crippen LogP contribution < -0.4 is 10.6 Å². The van der Waals surface area contributed by atoms with E-state index in [2.05, 4.69) is 4.98 Å². The number of esters is 1. The van der Waals surface area contributed by atoms with E-state index < -0.39 is 0 Å². The number of hydrogen-bond donors (Lipinski definition) is 1. The van der Waals surface area contributed by atoms with Gasteiger partial charge in [-0.3, -0.25) is 4.79 Å². The third-order valence-electron chi connectivity index (χ3n) is 2.10. The molecule has 0 spiro atoms. The van der Waals surface area contributed by atoms with Crippen molar-refractivity contribution in [1.29, 1.82) is 0 Å². The number of pyridine rings is 1. The number of nitrogens with two attached hydrogens (primary N) is 1. The van der Waals surface area contributed by atoms with Gasteiger partial charge in [-0.25, -0.2) is 4.98 Å². The molecule has 0 radical (unpaired) electrons. The van der Waals surface area contributed by atoms with Gasteiger partial charge in [0.15, 0.2) is 0 Å². The standard InChI is InChI=1S/C11H17N3O2/c1-3-14(8-11(15)16-4-2)10-7-9(12)5-6-13-10/h5-7H,3-4,8H2,1-2H3,(H2,12,13). The maximum absolute atomic E-state index is 11.3. The monoisotopic (exact) mass is 223 g/mol. The molecule has 0 atom stereocenters. The van der Waals surface area contributed by atoms with Crippen LogP contribution in [0.4, 0.5) is 11.5 Å². The van der Waals surface area contributed by atoms with Gasteiger partial charge in [-0.05, 0) is 19.9 Å². The first-order chi connectivity index (χ1) is 7.67. The quantitative estimate of drug-likeness (QED) is 0.756. The molecular formula is C11H17N3O2. The van der Waals surface area contributed by atoms with Crippen molar-refractivity contribution in [3.8, 4) is 0 Å². The van der Waals surface area contributed by atoms with Crippen molar-refractivity contribution in [2.45, 2.75) is 13.8 Å². The lowest BCUT2D eigenvalue weighted by atomic mass is 10.3. The van der Waals surface area contributed by atoms with Gasteiger partial charge >= 0.3 is 5.97 Å².